The first-order valence-electron chi connectivity index (χ1n) is 7.07. The molecule has 1 aliphatic carbocycles. The molecule has 2 nitrogen and oxygen atoms in total. The third-order valence-corrected chi connectivity index (χ3v) is 16.2. The van der Waals surface area contributed by atoms with Crippen LogP contribution in [-0.2, 0) is 86.5 Å². The molecule has 13 heteroatoms. The molecule has 0 aliphatic heterocycles. The standard InChI is InChI=1S/C14H15BrF2O2.S8/c1-12(2)8-5-7(11(18)19)10(15)6-9(8)13(3,4)14(12,16)17;1-3-5-7-8-6-4-2/h5-6H,1-4H3,(H,18,19);. The van der Waals surface area contributed by atoms with E-state index in [1.54, 1.807) is 35.5 Å². The Morgan fingerprint density at radius 3 is 1.74 bits per heavy atom. The molecule has 0 saturated carbocycles. The fourth-order valence-electron chi connectivity index (χ4n) is 2.94. The fraction of sp³-hybridized carbons (Fsp3) is 0.500. The van der Waals surface area contributed by atoms with E-state index < -0.39 is 22.7 Å². The molecule has 0 unspecified atom stereocenters. The van der Waals surface area contributed by atoms with Gasteiger partial charge in [0.15, 0.2) is 0 Å². The lowest BCUT2D eigenvalue weighted by Crippen LogP contribution is -2.46. The van der Waals surface area contributed by atoms with E-state index in [2.05, 4.69) is 38.3 Å². The summed E-state index contributed by atoms with van der Waals surface area (Å²) < 4.78 is 29.5. The van der Waals surface area contributed by atoms with Gasteiger partial charge in [-0.05, 0) is 66.9 Å². The summed E-state index contributed by atoms with van der Waals surface area (Å²) in [6.07, 6.45) is 0. The average molecular weight is 590 g/mol. The number of aromatic carboxylic acids is 1. The first-order chi connectivity index (χ1) is 12.4. The molecular formula is C14H15BrF2O2S8. The van der Waals surface area contributed by atoms with Crippen molar-refractivity contribution in [2.45, 2.75) is 44.4 Å². The molecule has 1 aromatic rings. The normalized spacial score (nSPS) is 17.4. The first kappa shape index (κ1) is 25.8. The molecular weight excluding hydrogens is 575 g/mol. The van der Waals surface area contributed by atoms with Gasteiger partial charge in [-0.2, -0.15) is 0 Å². The largest absolute Gasteiger partial charge is 0.478 e. The van der Waals surface area contributed by atoms with Crippen molar-refractivity contribution in [2.24, 2.45) is 0 Å². The Morgan fingerprint density at radius 2 is 1.37 bits per heavy atom. The van der Waals surface area contributed by atoms with Crippen LogP contribution >= 0.6 is 15.9 Å². The summed E-state index contributed by atoms with van der Waals surface area (Å²) in [5, 5.41) is 9.11. The Balaban J connectivity index is 0.000000387. The summed E-state index contributed by atoms with van der Waals surface area (Å²) >= 11 is 12.4. The molecule has 1 aromatic carbocycles. The van der Waals surface area contributed by atoms with E-state index in [4.69, 9.17) is 5.11 Å². The predicted octanol–water partition coefficient (Wildman–Crippen LogP) is 4.33. The van der Waals surface area contributed by atoms with Crippen LogP contribution in [0.2, 0.25) is 0 Å². The number of alkyl halides is 2. The maximum absolute atomic E-state index is 14.6. The summed E-state index contributed by atoms with van der Waals surface area (Å²) in [7, 11) is 9.12. The number of benzene rings is 1. The van der Waals surface area contributed by atoms with Crippen LogP contribution in [0.1, 0.15) is 49.2 Å². The van der Waals surface area contributed by atoms with E-state index in [0.717, 1.165) is 0 Å². The Kier molecular flexibility index (Phi) is 9.76. The smallest absolute Gasteiger partial charge is 0.336 e. The van der Waals surface area contributed by atoms with Gasteiger partial charge in [-0.15, -0.1) is 0 Å². The molecule has 0 bridgehead atoms. The number of rotatable bonds is 1. The second kappa shape index (κ2) is 10.2. The molecule has 0 fully saturated rings. The number of carbonyl (C=O) groups is 1. The lowest BCUT2D eigenvalue weighted by molar-refractivity contribution is -0.105. The van der Waals surface area contributed by atoms with Gasteiger partial charge in [0.25, 0.3) is 5.92 Å². The topological polar surface area (TPSA) is 37.3 Å². The number of carboxylic acid groups (broad SMARTS) is 1. The van der Waals surface area contributed by atoms with Crippen LogP contribution in [0.3, 0.4) is 0 Å². The summed E-state index contributed by atoms with van der Waals surface area (Å²) in [6.45, 7) is 5.90. The number of hydrogen-bond acceptors (Lipinski definition) is 3. The second-order valence-electron chi connectivity index (χ2n) is 6.42. The van der Waals surface area contributed by atoms with Crippen LogP contribution < -0.4 is 0 Å². The van der Waals surface area contributed by atoms with E-state index in [9.17, 15) is 13.6 Å². The van der Waals surface area contributed by atoms with Crippen LogP contribution in [0.15, 0.2) is 16.6 Å². The second-order valence-corrected chi connectivity index (χ2v) is 17.9. The number of halogens is 3. The number of carboxylic acids is 1. The SMILES string of the molecule is CC1(C)c2cc(Br)c(C(=O)O)cc2C(C)(C)C1(F)F.S=S=S=S=S=S=S=S. The summed E-state index contributed by atoms with van der Waals surface area (Å²) in [5.41, 5.74) is -1.80. The molecule has 2 rings (SSSR count). The van der Waals surface area contributed by atoms with Crippen LogP contribution in [0.5, 0.6) is 0 Å². The van der Waals surface area contributed by atoms with Crippen LogP contribution in [0, 0.1) is 0 Å². The molecule has 0 heterocycles. The van der Waals surface area contributed by atoms with Crippen molar-refractivity contribution in [2.75, 3.05) is 0 Å². The highest BCUT2D eigenvalue weighted by Crippen LogP contribution is 2.59. The quantitative estimate of drug-likeness (QED) is 0.530. The van der Waals surface area contributed by atoms with Gasteiger partial charge in [0.05, 0.1) is 16.4 Å². The van der Waals surface area contributed by atoms with Crippen molar-refractivity contribution in [3.63, 3.8) is 0 Å². The summed E-state index contributed by atoms with van der Waals surface area (Å²) in [6, 6.07) is 2.88. The van der Waals surface area contributed by atoms with Crippen molar-refractivity contribution in [3.8, 4) is 0 Å². The maximum atomic E-state index is 14.6. The van der Waals surface area contributed by atoms with E-state index >= 15 is 0 Å². The lowest BCUT2D eigenvalue weighted by atomic mass is 9.77. The molecule has 0 atom stereocenters. The molecule has 0 radical (unpaired) electrons. The summed E-state index contributed by atoms with van der Waals surface area (Å²) in [5.74, 6) is -4.07. The van der Waals surface area contributed by atoms with Crippen molar-refractivity contribution >= 4 is 97.6 Å². The van der Waals surface area contributed by atoms with Gasteiger partial charge in [-0.1, -0.05) is 0 Å². The molecule has 0 amide bonds. The minimum atomic E-state index is -2.95. The summed E-state index contributed by atoms with van der Waals surface area (Å²) in [4.78, 5) is 11.1. The van der Waals surface area contributed by atoms with Crippen molar-refractivity contribution in [3.05, 3.63) is 33.3 Å². The molecule has 0 aromatic heterocycles. The molecule has 1 N–H and O–H groups in total. The minimum absolute atomic E-state index is 0.0142. The first-order valence-corrected chi connectivity index (χ1v) is 17.2. The molecule has 0 spiro atoms. The fourth-order valence-corrected chi connectivity index (χ4v) is 14.4. The van der Waals surface area contributed by atoms with Gasteiger partial charge in [-0.3, -0.25) is 0 Å². The molecule has 152 valence electrons. The van der Waals surface area contributed by atoms with Gasteiger partial charge < -0.3 is 5.11 Å². The van der Waals surface area contributed by atoms with Crippen LogP contribution in [-0.4, -0.2) is 17.0 Å². The van der Waals surface area contributed by atoms with Crippen molar-refractivity contribution in [1.82, 2.24) is 0 Å². The zero-order valence-electron chi connectivity index (χ0n) is 14.4. The van der Waals surface area contributed by atoms with E-state index in [0.29, 0.717) is 15.6 Å². The highest BCUT2D eigenvalue weighted by molar-refractivity contribution is 9.10. The zero-order valence-corrected chi connectivity index (χ0v) is 22.5. The van der Waals surface area contributed by atoms with Crippen LogP contribution in [0.4, 0.5) is 8.78 Å². The van der Waals surface area contributed by atoms with E-state index in [-0.39, 0.29) is 5.56 Å². The molecule has 27 heavy (non-hydrogen) atoms. The van der Waals surface area contributed by atoms with Gasteiger partial charge >= 0.3 is 5.97 Å². The number of hydrogen-bond donors (Lipinski definition) is 1. The minimum Gasteiger partial charge on any atom is -0.478 e. The van der Waals surface area contributed by atoms with Gasteiger partial charge in [0.2, 0.25) is 0 Å². The highest BCUT2D eigenvalue weighted by atomic mass is 79.9. The number of fused-ring (bicyclic) bond motifs is 1. The van der Waals surface area contributed by atoms with E-state index in [1.807, 2.05) is 0 Å². The third-order valence-electron chi connectivity index (χ3n) is 4.39. The maximum Gasteiger partial charge on any atom is 0.336 e. The molecule has 0 saturated heterocycles. The van der Waals surface area contributed by atoms with Gasteiger partial charge in [0, 0.05) is 80.1 Å². The highest BCUT2D eigenvalue weighted by Gasteiger charge is 2.65. The van der Waals surface area contributed by atoms with Gasteiger partial charge in [0.1, 0.15) is 0 Å². The Bertz CT molecular complexity index is 988. The van der Waals surface area contributed by atoms with Gasteiger partial charge in [-0.25, -0.2) is 13.6 Å². The Morgan fingerprint density at radius 1 is 0.963 bits per heavy atom. The van der Waals surface area contributed by atoms with Crippen molar-refractivity contribution in [1.29, 1.82) is 0 Å². The monoisotopic (exact) mass is 588 g/mol. The van der Waals surface area contributed by atoms with E-state index in [1.165, 1.54) is 57.6 Å². The Labute approximate surface area is 192 Å². The van der Waals surface area contributed by atoms with Crippen LogP contribution in [0.25, 0.3) is 0 Å². The zero-order chi connectivity index (χ0) is 21.0. The third kappa shape index (κ3) is 5.29. The lowest BCUT2D eigenvalue weighted by Gasteiger charge is -2.35. The average Bonchev–Trinajstić information content (AvgIpc) is 2.67. The molecule has 1 aliphatic rings. The Hall–Kier alpha value is 0.790. The predicted molar refractivity (Wildman–Crippen MR) is 131 cm³/mol. The van der Waals surface area contributed by atoms with Crippen molar-refractivity contribution < 1.29 is 18.7 Å².